The maximum absolute atomic E-state index is 12.4. The molecule has 10 rings (SSSR count). The van der Waals surface area contributed by atoms with Crippen molar-refractivity contribution in [1.29, 1.82) is 0 Å². The van der Waals surface area contributed by atoms with Crippen LogP contribution in [0.2, 0.25) is 0 Å². The van der Waals surface area contributed by atoms with E-state index in [4.69, 9.17) is 42.6 Å². The fourth-order valence-corrected chi connectivity index (χ4v) is 16.5. The Hall–Kier alpha value is -1.18. The first-order valence-electron chi connectivity index (χ1n) is 27.7. The zero-order valence-electron chi connectivity index (χ0n) is 44.5. The normalized spacial score (nSPS) is 58.1. The van der Waals surface area contributed by atoms with Crippen molar-refractivity contribution in [3.05, 3.63) is 11.6 Å². The number of ether oxygens (including phenoxy) is 9. The lowest BCUT2D eigenvalue weighted by molar-refractivity contribution is -0.418. The van der Waals surface area contributed by atoms with Crippen LogP contribution in [0.1, 0.15) is 106 Å². The van der Waals surface area contributed by atoms with Crippen molar-refractivity contribution in [2.75, 3.05) is 19.8 Å². The van der Waals surface area contributed by atoms with Gasteiger partial charge in [0, 0.05) is 12.3 Å². The summed E-state index contributed by atoms with van der Waals surface area (Å²) in [6.45, 7) is 12.9. The van der Waals surface area contributed by atoms with Crippen LogP contribution in [0, 0.1) is 51.8 Å². The molecule has 0 amide bonds. The molecule has 23 nitrogen and oxygen atoms in total. The van der Waals surface area contributed by atoms with Crippen LogP contribution in [-0.4, -0.2) is 231 Å². The molecule has 16 unspecified atom stereocenters. The Morgan fingerprint density at radius 1 is 0.684 bits per heavy atom. The van der Waals surface area contributed by atoms with Gasteiger partial charge in [0.25, 0.3) is 0 Å². The molecule has 0 aromatic carbocycles. The van der Waals surface area contributed by atoms with E-state index in [-0.39, 0.29) is 46.7 Å². The summed E-state index contributed by atoms with van der Waals surface area (Å²) in [6, 6.07) is 0. The van der Waals surface area contributed by atoms with Crippen molar-refractivity contribution in [3.63, 3.8) is 0 Å². The summed E-state index contributed by atoms with van der Waals surface area (Å²) in [7, 11) is 0. The van der Waals surface area contributed by atoms with Crippen LogP contribution < -0.4 is 0 Å². The van der Waals surface area contributed by atoms with Gasteiger partial charge in [-0.15, -0.1) is 0 Å². The molecule has 32 atom stereocenters. The van der Waals surface area contributed by atoms with Gasteiger partial charge < -0.3 is 114 Å². The molecule has 76 heavy (non-hydrogen) atoms. The second kappa shape index (κ2) is 20.6. The Morgan fingerprint density at radius 3 is 2.08 bits per heavy atom. The second-order valence-corrected chi connectivity index (χ2v) is 25.6. The molecule has 23 heteroatoms. The van der Waals surface area contributed by atoms with E-state index in [2.05, 4.69) is 33.8 Å². The minimum absolute atomic E-state index is 0.0906. The summed E-state index contributed by atoms with van der Waals surface area (Å²) in [5, 5.41) is 150. The molecular weight excluding hydrogens is 1000 g/mol. The molecule has 0 bridgehead atoms. The number of hydrogen-bond donors (Lipinski definition) is 14. The summed E-state index contributed by atoms with van der Waals surface area (Å²) < 4.78 is 55.2. The highest BCUT2D eigenvalue weighted by atomic mass is 16.8. The lowest BCUT2D eigenvalue weighted by Crippen LogP contribution is -2.71. The maximum Gasteiger partial charge on any atom is 0.204 e. The van der Waals surface area contributed by atoms with Gasteiger partial charge in [-0.1, -0.05) is 46.3 Å². The molecule has 0 radical (unpaired) electrons. The Kier molecular flexibility index (Phi) is 15.7. The molecule has 0 spiro atoms. The average molecular weight is 1090 g/mol. The predicted molar refractivity (Wildman–Crippen MR) is 257 cm³/mol. The summed E-state index contributed by atoms with van der Waals surface area (Å²) in [6.07, 6.45) is -19.9. The number of hydrogen-bond acceptors (Lipinski definition) is 23. The molecular formula is C53H86O23. The monoisotopic (exact) mass is 1090 g/mol. The third-order valence-electron chi connectivity index (χ3n) is 21.2. The third kappa shape index (κ3) is 9.04. The van der Waals surface area contributed by atoms with Gasteiger partial charge >= 0.3 is 0 Å². The first-order chi connectivity index (χ1) is 35.6. The highest BCUT2D eigenvalue weighted by Gasteiger charge is 2.77. The zero-order valence-corrected chi connectivity index (χ0v) is 44.5. The van der Waals surface area contributed by atoms with Crippen molar-refractivity contribution in [3.8, 4) is 0 Å². The van der Waals surface area contributed by atoms with Crippen LogP contribution in [0.5, 0.6) is 0 Å². The quantitative estimate of drug-likeness (QED) is 0.0816. The van der Waals surface area contributed by atoms with E-state index >= 15 is 0 Å². The van der Waals surface area contributed by atoms with Crippen LogP contribution in [0.25, 0.3) is 0 Å². The molecule has 436 valence electrons. The van der Waals surface area contributed by atoms with Gasteiger partial charge in [-0.05, 0) is 105 Å². The molecule has 5 aliphatic carbocycles. The number of aliphatic hydroxyl groups is 14. The maximum atomic E-state index is 12.4. The molecule has 5 aliphatic heterocycles. The van der Waals surface area contributed by atoms with Gasteiger partial charge in [-0.25, -0.2) is 0 Å². The van der Waals surface area contributed by atoms with Crippen molar-refractivity contribution in [2.24, 2.45) is 51.8 Å². The number of allylic oxidation sites excluding steroid dienone is 1. The van der Waals surface area contributed by atoms with E-state index < -0.39 is 153 Å². The first kappa shape index (κ1) is 58.0. The molecule has 9 fully saturated rings. The Bertz CT molecular complexity index is 2110. The van der Waals surface area contributed by atoms with Crippen LogP contribution in [-0.2, 0) is 42.6 Å². The van der Waals surface area contributed by atoms with E-state index in [1.807, 2.05) is 6.92 Å². The molecule has 0 aromatic heterocycles. The molecule has 10 aliphatic rings. The van der Waals surface area contributed by atoms with Gasteiger partial charge in [0.15, 0.2) is 30.9 Å². The SMILES string of the molecule is CC1OC2(OC3C(O)[C@@](C)(O[C@@H]4OC(O)[C@H](O)C(O)C4O)C(CO)O[C@H]3OC3CC[C@@]4(C)C(=CC[C@@]5(C)[C@@H]6CC7OC(O)(CC[C@@H](C)CO[C@@H]8OC(CO)[C@@H](O)C(O)C8O)[C@@H](C)[C@H]7[C@@]6(C)CC[C@@H]54)C3)C(C(O)[C@H]1O)[C@@H]2O. The Morgan fingerprint density at radius 2 is 1.38 bits per heavy atom. The van der Waals surface area contributed by atoms with E-state index in [0.717, 1.165) is 32.1 Å². The summed E-state index contributed by atoms with van der Waals surface area (Å²) in [5.74, 6) is -3.92. The smallest absolute Gasteiger partial charge is 0.204 e. The van der Waals surface area contributed by atoms with Gasteiger partial charge in [0.2, 0.25) is 5.79 Å². The topological polar surface area (TPSA) is 366 Å². The Labute approximate surface area is 442 Å². The average Bonchev–Trinajstić information content (AvgIpc) is 3.87. The van der Waals surface area contributed by atoms with Crippen LogP contribution >= 0.6 is 0 Å². The first-order valence-corrected chi connectivity index (χ1v) is 27.7. The van der Waals surface area contributed by atoms with Gasteiger partial charge in [0.1, 0.15) is 78.8 Å². The fraction of sp³-hybridized carbons (Fsp3) is 0.962. The van der Waals surface area contributed by atoms with Crippen LogP contribution in [0.3, 0.4) is 0 Å². The van der Waals surface area contributed by atoms with Crippen molar-refractivity contribution < 1.29 is 114 Å². The zero-order chi connectivity index (χ0) is 55.1. The highest BCUT2D eigenvalue weighted by molar-refractivity contribution is 5.29. The largest absolute Gasteiger partial charge is 0.394 e. The van der Waals surface area contributed by atoms with Gasteiger partial charge in [0.05, 0.1) is 50.2 Å². The van der Waals surface area contributed by atoms with E-state index in [1.54, 1.807) is 0 Å². The molecule has 14 N–H and O–H groups in total. The predicted octanol–water partition coefficient (Wildman–Crippen LogP) is -2.27. The summed E-state index contributed by atoms with van der Waals surface area (Å²) in [5.41, 5.74) is -1.22. The number of aliphatic hydroxyl groups excluding tert-OH is 13. The Balaban J connectivity index is 0.820. The lowest BCUT2D eigenvalue weighted by atomic mass is 9.41. The number of fused-ring (bicyclic) bond motifs is 8. The minimum Gasteiger partial charge on any atom is -0.394 e. The molecule has 0 aromatic rings. The molecule has 4 saturated carbocycles. The van der Waals surface area contributed by atoms with E-state index in [9.17, 15) is 71.5 Å². The minimum atomic E-state index is -2.05. The standard InChI is InChI=1S/C53H86O23/c1-21(20-68-45-39(62)36(59)34(57)27(18-54)70-45)8-15-52(67)22(2)31-26(74-52)17-29-49(5)12-9-24-16-25(10-13-48(24,4)28(49)11-14-50(29,31)6)69-47-41(75-53-32(42(53)64)35(58)33(56)23(3)73-53)43(65)51(7,30(19-55)71-47)76-46-40(63)37(60)38(61)44(66)72-46/h9,21-23,25-47,54-67H,8,10-20H2,1-7H3/t21-,22+,23?,25?,26?,27?,28-,29+,30?,31-,32?,33+,34-,35?,36?,37?,38-,39?,40?,41?,42+,43?,44?,45-,46+,47-,48+,49-,50+,51+,52?,53?/m1/s1. The van der Waals surface area contributed by atoms with E-state index in [1.165, 1.54) is 19.4 Å². The van der Waals surface area contributed by atoms with Crippen molar-refractivity contribution in [1.82, 2.24) is 0 Å². The van der Waals surface area contributed by atoms with Crippen molar-refractivity contribution in [2.45, 2.75) is 246 Å². The molecule has 5 heterocycles. The summed E-state index contributed by atoms with van der Waals surface area (Å²) in [4.78, 5) is 0. The summed E-state index contributed by atoms with van der Waals surface area (Å²) >= 11 is 0. The molecule has 5 saturated heterocycles. The van der Waals surface area contributed by atoms with Crippen LogP contribution in [0.4, 0.5) is 0 Å². The van der Waals surface area contributed by atoms with E-state index in [0.29, 0.717) is 37.5 Å². The third-order valence-corrected chi connectivity index (χ3v) is 21.2. The second-order valence-electron chi connectivity index (χ2n) is 25.6. The highest BCUT2D eigenvalue weighted by Crippen LogP contribution is 2.74. The fourth-order valence-electron chi connectivity index (χ4n) is 16.5. The van der Waals surface area contributed by atoms with Gasteiger partial charge in [-0.2, -0.15) is 0 Å². The van der Waals surface area contributed by atoms with Crippen LogP contribution in [0.15, 0.2) is 11.6 Å². The number of rotatable bonds is 14. The lowest BCUT2D eigenvalue weighted by Gasteiger charge is -2.63. The van der Waals surface area contributed by atoms with Gasteiger partial charge in [-0.3, -0.25) is 0 Å². The van der Waals surface area contributed by atoms with Crippen molar-refractivity contribution >= 4 is 0 Å².